The van der Waals surface area contributed by atoms with Crippen molar-refractivity contribution in [1.82, 2.24) is 0 Å². The van der Waals surface area contributed by atoms with Gasteiger partial charge in [0.25, 0.3) is 0 Å². The summed E-state index contributed by atoms with van der Waals surface area (Å²) in [6.45, 7) is 0.266. The summed E-state index contributed by atoms with van der Waals surface area (Å²) in [6.07, 6.45) is 11.8. The van der Waals surface area contributed by atoms with E-state index in [4.69, 9.17) is 4.74 Å². The van der Waals surface area contributed by atoms with E-state index in [9.17, 15) is 10.1 Å². The van der Waals surface area contributed by atoms with Gasteiger partial charge in [0.15, 0.2) is 0 Å². The number of esters is 1. The molecule has 0 aromatic heterocycles. The number of nitrogens with zero attached hydrogens (tertiary/aromatic N) is 1. The highest BCUT2D eigenvalue weighted by molar-refractivity contribution is 5.90. The molecule has 0 aromatic rings. The number of hydrogen-bond donors (Lipinski definition) is 0. The van der Waals surface area contributed by atoms with Gasteiger partial charge >= 0.3 is 5.97 Å². The zero-order valence-corrected chi connectivity index (χ0v) is 11.5. The van der Waals surface area contributed by atoms with Crippen molar-refractivity contribution in [1.29, 1.82) is 5.26 Å². The summed E-state index contributed by atoms with van der Waals surface area (Å²) in [7, 11) is 0. The summed E-state index contributed by atoms with van der Waals surface area (Å²) in [5.41, 5.74) is 0.417. The molecule has 0 radical (unpaired) electrons. The molecule has 0 saturated heterocycles. The normalized spacial score (nSPS) is 43.6. The van der Waals surface area contributed by atoms with Gasteiger partial charge in [-0.05, 0) is 55.8 Å². The maximum Gasteiger partial charge on any atom is 0.334 e. The summed E-state index contributed by atoms with van der Waals surface area (Å²) >= 11 is 0. The molecule has 0 amide bonds. The number of carbonyl (C=O) groups is 1. The van der Waals surface area contributed by atoms with E-state index < -0.39 is 5.41 Å². The van der Waals surface area contributed by atoms with E-state index in [0.717, 1.165) is 31.3 Å². The first-order chi connectivity index (χ1) is 9.70. The Morgan fingerprint density at radius 2 is 2.25 bits per heavy atom. The third kappa shape index (κ3) is 1.67. The van der Waals surface area contributed by atoms with Gasteiger partial charge in [-0.3, -0.25) is 0 Å². The number of nitriles is 1. The van der Waals surface area contributed by atoms with Crippen LogP contribution in [0.3, 0.4) is 0 Å². The molecule has 4 bridgehead atoms. The van der Waals surface area contributed by atoms with Gasteiger partial charge in [-0.15, -0.1) is 0 Å². The van der Waals surface area contributed by atoms with Gasteiger partial charge in [-0.25, -0.2) is 4.79 Å². The van der Waals surface area contributed by atoms with Crippen molar-refractivity contribution in [3.05, 3.63) is 23.8 Å². The number of hydrogen-bond acceptors (Lipinski definition) is 3. The summed E-state index contributed by atoms with van der Waals surface area (Å²) in [5.74, 6) is 1.64. The van der Waals surface area contributed by atoms with Crippen LogP contribution in [0.5, 0.6) is 0 Å². The zero-order valence-electron chi connectivity index (χ0n) is 11.5. The summed E-state index contributed by atoms with van der Waals surface area (Å²) < 4.78 is 5.55. The Balaban J connectivity index is 1.43. The quantitative estimate of drug-likeness (QED) is 0.584. The number of carbonyl (C=O) groups excluding carboxylic acids is 1. The van der Waals surface area contributed by atoms with E-state index >= 15 is 0 Å². The maximum absolute atomic E-state index is 12.2. The Bertz CT molecular complexity index is 556. The average molecular weight is 269 g/mol. The molecule has 4 aliphatic rings. The lowest BCUT2D eigenvalue weighted by molar-refractivity contribution is -0.142. The van der Waals surface area contributed by atoms with E-state index in [1.54, 1.807) is 0 Å². The van der Waals surface area contributed by atoms with Gasteiger partial charge in [0.2, 0.25) is 0 Å². The van der Waals surface area contributed by atoms with Gasteiger partial charge in [0, 0.05) is 5.57 Å². The molecule has 0 aliphatic heterocycles. The number of rotatable bonds is 3. The van der Waals surface area contributed by atoms with E-state index in [2.05, 4.69) is 24.3 Å². The molecule has 2 fully saturated rings. The van der Waals surface area contributed by atoms with Gasteiger partial charge in [-0.1, -0.05) is 18.2 Å². The molecule has 4 rings (SSSR count). The van der Waals surface area contributed by atoms with Crippen LogP contribution in [0.1, 0.15) is 32.1 Å². The van der Waals surface area contributed by atoms with Crippen LogP contribution in [0, 0.1) is 40.4 Å². The van der Waals surface area contributed by atoms with Crippen LogP contribution in [0.2, 0.25) is 0 Å². The first kappa shape index (κ1) is 12.2. The van der Waals surface area contributed by atoms with Crippen molar-refractivity contribution < 1.29 is 9.53 Å². The molecule has 2 saturated carbocycles. The molecule has 3 nitrogen and oxygen atoms in total. The van der Waals surface area contributed by atoms with E-state index in [1.165, 1.54) is 6.42 Å². The minimum absolute atomic E-state index is 0.168. The van der Waals surface area contributed by atoms with Gasteiger partial charge < -0.3 is 4.74 Å². The smallest absolute Gasteiger partial charge is 0.334 e. The Morgan fingerprint density at radius 1 is 1.35 bits per heavy atom. The third-order valence-corrected chi connectivity index (χ3v) is 5.76. The first-order valence-electron chi connectivity index (χ1n) is 7.68. The Kier molecular flexibility index (Phi) is 2.57. The van der Waals surface area contributed by atoms with Crippen molar-refractivity contribution in [3.63, 3.8) is 0 Å². The lowest BCUT2D eigenvalue weighted by Crippen LogP contribution is -2.31. The lowest BCUT2D eigenvalue weighted by Gasteiger charge is -2.28. The second-order valence-corrected chi connectivity index (χ2v) is 6.93. The fourth-order valence-electron chi connectivity index (χ4n) is 4.63. The van der Waals surface area contributed by atoms with Crippen LogP contribution in [-0.4, -0.2) is 12.6 Å². The second kappa shape index (κ2) is 4.22. The van der Waals surface area contributed by atoms with Crippen LogP contribution in [0.4, 0.5) is 0 Å². The molecule has 0 N–H and O–H groups in total. The van der Waals surface area contributed by atoms with Crippen LogP contribution >= 0.6 is 0 Å². The second-order valence-electron chi connectivity index (χ2n) is 6.93. The van der Waals surface area contributed by atoms with E-state index in [1.807, 2.05) is 0 Å². The fourth-order valence-corrected chi connectivity index (χ4v) is 4.63. The number of allylic oxidation sites excluding steroid dienone is 3. The van der Waals surface area contributed by atoms with Gasteiger partial charge in [-0.2, -0.15) is 5.26 Å². The third-order valence-electron chi connectivity index (χ3n) is 5.76. The van der Waals surface area contributed by atoms with Crippen LogP contribution in [-0.2, 0) is 9.53 Å². The lowest BCUT2D eigenvalue weighted by atomic mass is 9.78. The molecule has 5 atom stereocenters. The molecule has 0 heterocycles. The van der Waals surface area contributed by atoms with Crippen molar-refractivity contribution >= 4 is 5.97 Å². The van der Waals surface area contributed by atoms with Crippen LogP contribution in [0.15, 0.2) is 23.8 Å². The predicted molar refractivity (Wildman–Crippen MR) is 73.3 cm³/mol. The standard InChI is InChI=1S/C17H19NO2/c18-9-17(8-12-2-4-14(17)6-12)10-20-16(19)15-7-11-1-3-13(15)5-11/h2,4,7,11-14H,1,3,5-6,8,10H2. The SMILES string of the molecule is N#CC1(COC(=O)C2=CC3CCC2C3)CC2C=CC1C2. The molecular formula is C17H19NO2. The zero-order chi connectivity index (χ0) is 13.7. The molecule has 3 heteroatoms. The molecule has 5 unspecified atom stereocenters. The maximum atomic E-state index is 12.2. The topological polar surface area (TPSA) is 50.1 Å². The van der Waals surface area contributed by atoms with Crippen molar-refractivity contribution in [2.45, 2.75) is 32.1 Å². The summed E-state index contributed by atoms with van der Waals surface area (Å²) in [6, 6.07) is 2.44. The monoisotopic (exact) mass is 269 g/mol. The predicted octanol–water partition coefficient (Wildman–Crippen LogP) is 2.99. The molecular weight excluding hydrogens is 250 g/mol. The first-order valence-corrected chi connectivity index (χ1v) is 7.68. The highest BCUT2D eigenvalue weighted by Crippen LogP contribution is 2.52. The van der Waals surface area contributed by atoms with E-state index in [0.29, 0.717) is 17.8 Å². The highest BCUT2D eigenvalue weighted by Gasteiger charge is 2.50. The van der Waals surface area contributed by atoms with Crippen molar-refractivity contribution in [3.8, 4) is 6.07 Å². The summed E-state index contributed by atoms with van der Waals surface area (Å²) in [4.78, 5) is 12.2. The minimum atomic E-state index is -0.465. The molecule has 4 aliphatic carbocycles. The molecule has 20 heavy (non-hydrogen) atoms. The molecule has 0 spiro atoms. The fraction of sp³-hybridized carbons (Fsp3) is 0.647. The number of fused-ring (bicyclic) bond motifs is 4. The Morgan fingerprint density at radius 3 is 2.80 bits per heavy atom. The number of ether oxygens (including phenoxy) is 1. The van der Waals surface area contributed by atoms with Crippen molar-refractivity contribution in [2.24, 2.45) is 29.1 Å². The van der Waals surface area contributed by atoms with E-state index in [-0.39, 0.29) is 18.5 Å². The largest absolute Gasteiger partial charge is 0.461 e. The minimum Gasteiger partial charge on any atom is -0.461 e. The van der Waals surface area contributed by atoms with Gasteiger partial charge in [0.05, 0.1) is 11.5 Å². The Labute approximate surface area is 119 Å². The average Bonchev–Trinajstić information content (AvgIpc) is 3.23. The Hall–Kier alpha value is -1.56. The van der Waals surface area contributed by atoms with Crippen molar-refractivity contribution in [2.75, 3.05) is 6.61 Å². The summed E-state index contributed by atoms with van der Waals surface area (Å²) in [5, 5.41) is 9.53. The molecule has 104 valence electrons. The van der Waals surface area contributed by atoms with Crippen LogP contribution < -0.4 is 0 Å². The molecule has 0 aromatic carbocycles. The highest BCUT2D eigenvalue weighted by atomic mass is 16.5. The van der Waals surface area contributed by atoms with Gasteiger partial charge in [0.1, 0.15) is 6.61 Å². The van der Waals surface area contributed by atoms with Crippen LogP contribution in [0.25, 0.3) is 0 Å².